The van der Waals surface area contributed by atoms with Gasteiger partial charge in [-0.15, -0.1) is 0 Å². The van der Waals surface area contributed by atoms with E-state index in [1.165, 1.54) is 22.5 Å². The number of piperazine rings is 1. The number of rotatable bonds is 7. The van der Waals surface area contributed by atoms with Crippen LogP contribution in [0, 0.1) is 0 Å². The highest BCUT2D eigenvalue weighted by molar-refractivity contribution is 7.96. The Kier molecular flexibility index (Phi) is 8.86. The number of ether oxygens (including phenoxy) is 1. The van der Waals surface area contributed by atoms with Crippen LogP contribution in [0.3, 0.4) is 0 Å². The second kappa shape index (κ2) is 11.8. The second-order valence-corrected chi connectivity index (χ2v) is 12.2. The number of esters is 1. The lowest BCUT2D eigenvalue weighted by atomic mass is 9.94. The van der Waals surface area contributed by atoms with Crippen LogP contribution in [0.5, 0.6) is 0 Å². The zero-order valence-corrected chi connectivity index (χ0v) is 23.7. The van der Waals surface area contributed by atoms with Crippen molar-refractivity contribution in [3.63, 3.8) is 0 Å². The molecular formula is C27H25F6N3O4S2. The third kappa shape index (κ3) is 6.52. The maximum absolute atomic E-state index is 13.9. The van der Waals surface area contributed by atoms with Crippen molar-refractivity contribution < 1.29 is 44.3 Å². The van der Waals surface area contributed by atoms with E-state index in [4.69, 9.17) is 12.2 Å². The van der Waals surface area contributed by atoms with Crippen LogP contribution >= 0.6 is 12.2 Å². The number of hydrogen-bond donors (Lipinski definition) is 0. The molecule has 42 heavy (non-hydrogen) atoms. The summed E-state index contributed by atoms with van der Waals surface area (Å²) in [4.78, 5) is 17.5. The van der Waals surface area contributed by atoms with Crippen molar-refractivity contribution in [2.24, 2.45) is 0 Å². The molecule has 2 aromatic rings. The van der Waals surface area contributed by atoms with E-state index in [1.54, 1.807) is 36.7 Å². The van der Waals surface area contributed by atoms with Crippen molar-refractivity contribution in [1.29, 1.82) is 0 Å². The number of thiocarbonyl (C=S) groups is 1. The van der Waals surface area contributed by atoms with E-state index < -0.39 is 45.6 Å². The number of sulfonamides is 1. The molecule has 0 radical (unpaired) electrons. The fourth-order valence-corrected chi connectivity index (χ4v) is 6.81. The van der Waals surface area contributed by atoms with E-state index >= 15 is 0 Å². The lowest BCUT2D eigenvalue weighted by Gasteiger charge is -2.43. The van der Waals surface area contributed by atoms with Gasteiger partial charge in [0.15, 0.2) is 0 Å². The van der Waals surface area contributed by atoms with E-state index in [-0.39, 0.29) is 24.5 Å². The minimum absolute atomic E-state index is 0.0273. The number of halogens is 6. The molecule has 4 rings (SSSR count). The summed E-state index contributed by atoms with van der Waals surface area (Å²) in [6.45, 7) is 0.578. The van der Waals surface area contributed by atoms with Crippen LogP contribution in [0.1, 0.15) is 24.5 Å². The predicted octanol–water partition coefficient (Wildman–Crippen LogP) is 5.24. The van der Waals surface area contributed by atoms with E-state index in [2.05, 4.69) is 9.72 Å². The van der Waals surface area contributed by atoms with Crippen molar-refractivity contribution in [2.75, 3.05) is 24.5 Å². The quantitative estimate of drug-likeness (QED) is 0.235. The first-order valence-electron chi connectivity index (χ1n) is 12.6. The molecule has 2 heterocycles. The number of anilines is 1. The summed E-state index contributed by atoms with van der Waals surface area (Å²) in [5, 5.41) is 0. The van der Waals surface area contributed by atoms with Gasteiger partial charge < -0.3 is 9.64 Å². The highest BCUT2D eigenvalue weighted by Gasteiger charge is 2.59. The molecule has 15 heteroatoms. The Balaban J connectivity index is 1.65. The Morgan fingerprint density at radius 2 is 1.69 bits per heavy atom. The van der Waals surface area contributed by atoms with Crippen LogP contribution in [-0.2, 0) is 31.6 Å². The van der Waals surface area contributed by atoms with E-state index in [9.17, 15) is 39.6 Å². The minimum Gasteiger partial charge on any atom is -0.438 e. The number of pyridine rings is 1. The van der Waals surface area contributed by atoms with Gasteiger partial charge in [-0.3, -0.25) is 4.98 Å². The van der Waals surface area contributed by atoms with Crippen LogP contribution in [0.2, 0.25) is 0 Å². The Morgan fingerprint density at radius 3 is 2.26 bits per heavy atom. The number of nitrogens with zero attached hydrogens (tertiary/aromatic N) is 3. The molecule has 2 atom stereocenters. The molecule has 1 aromatic heterocycles. The Bertz CT molecular complexity index is 1490. The second-order valence-electron chi connectivity index (χ2n) is 9.82. The zero-order valence-electron chi connectivity index (χ0n) is 22.0. The predicted molar refractivity (Wildman–Crippen MR) is 146 cm³/mol. The summed E-state index contributed by atoms with van der Waals surface area (Å²) in [5.74, 6) is -2.97. The molecule has 226 valence electrons. The van der Waals surface area contributed by atoms with Crippen LogP contribution in [0.15, 0.2) is 71.9 Å². The van der Waals surface area contributed by atoms with Crippen molar-refractivity contribution in [3.8, 4) is 0 Å². The summed E-state index contributed by atoms with van der Waals surface area (Å²) in [6, 6.07) is 7.45. The summed E-state index contributed by atoms with van der Waals surface area (Å²) in [6.07, 6.45) is -2.34. The molecule has 0 saturated carbocycles. The van der Waals surface area contributed by atoms with Gasteiger partial charge in [-0.2, -0.15) is 30.6 Å². The van der Waals surface area contributed by atoms with Crippen molar-refractivity contribution >= 4 is 38.8 Å². The molecule has 2 aliphatic rings. The summed E-state index contributed by atoms with van der Waals surface area (Å²) >= 11 is 5.28. The molecule has 0 spiro atoms. The highest BCUT2D eigenvalue weighted by Crippen LogP contribution is 2.44. The van der Waals surface area contributed by atoms with Gasteiger partial charge in [0, 0.05) is 60.6 Å². The first-order chi connectivity index (χ1) is 19.5. The normalized spacial score (nSPS) is 20.2. The number of benzene rings is 1. The number of carbonyl (C=O) groups is 1. The average molecular weight is 634 g/mol. The zero-order chi connectivity index (χ0) is 30.9. The summed E-state index contributed by atoms with van der Waals surface area (Å²) in [7, 11) is -3.93. The number of carbonyl (C=O) groups excluding carboxylic acids is 1. The Hall–Kier alpha value is -3.30. The molecule has 1 aliphatic heterocycles. The van der Waals surface area contributed by atoms with Gasteiger partial charge in [0.2, 0.25) is 15.6 Å². The largest absolute Gasteiger partial charge is 0.490 e. The first-order valence-corrected chi connectivity index (χ1v) is 14.4. The van der Waals surface area contributed by atoms with Gasteiger partial charge in [0.1, 0.15) is 0 Å². The maximum atomic E-state index is 13.9. The van der Waals surface area contributed by atoms with Crippen LogP contribution < -0.4 is 4.90 Å². The van der Waals surface area contributed by atoms with Gasteiger partial charge in [-0.25, -0.2) is 13.2 Å². The SMILES string of the molecule is C[C@@](OC(=O)C(F)(F)F)(c1ccc(N2CCN(S(=O)(=O)C3=CC=CCC3=S)C[C@@H]2Cc2ccncc2)cc1)C(F)(F)F. The molecule has 1 aliphatic carbocycles. The van der Waals surface area contributed by atoms with Gasteiger partial charge in [-0.05, 0) is 49.2 Å². The fourth-order valence-electron chi connectivity index (χ4n) is 4.74. The smallest absolute Gasteiger partial charge is 0.438 e. The molecule has 0 N–H and O–H groups in total. The first kappa shape index (κ1) is 31.6. The molecular weight excluding hydrogens is 608 g/mol. The number of alkyl halides is 6. The molecule has 7 nitrogen and oxygen atoms in total. The molecule has 0 bridgehead atoms. The van der Waals surface area contributed by atoms with Crippen molar-refractivity contribution in [2.45, 2.75) is 43.8 Å². The lowest BCUT2D eigenvalue weighted by molar-refractivity contribution is -0.285. The summed E-state index contributed by atoms with van der Waals surface area (Å²) in [5.41, 5.74) is -3.05. The van der Waals surface area contributed by atoms with Crippen molar-refractivity contribution in [1.82, 2.24) is 9.29 Å². The Labute approximate surface area is 243 Å². The Morgan fingerprint density at radius 1 is 1.05 bits per heavy atom. The maximum Gasteiger partial charge on any atom is 0.490 e. The van der Waals surface area contributed by atoms with Crippen LogP contribution in [-0.4, -0.2) is 66.6 Å². The summed E-state index contributed by atoms with van der Waals surface area (Å²) < 4.78 is 112. The fraction of sp³-hybridized carbons (Fsp3) is 0.370. The standard InChI is InChI=1S/C27H25F6N3O4S2/c1-25(27(31,32)33,40-24(37)26(28,29)30)19-6-8-20(9-7-19)36-15-14-35(17-21(36)16-18-10-12-34-13-11-18)42(38,39)23-5-3-2-4-22(23)41/h2-3,5-13,21H,4,14-17H2,1H3/t21-,25+/m0/s1. The molecule has 0 amide bonds. The molecule has 0 unspecified atom stereocenters. The average Bonchev–Trinajstić information content (AvgIpc) is 2.92. The lowest BCUT2D eigenvalue weighted by Crippen LogP contribution is -2.56. The van der Waals surface area contributed by atoms with Crippen LogP contribution in [0.4, 0.5) is 32.0 Å². The molecule has 1 fully saturated rings. The monoisotopic (exact) mass is 633 g/mol. The minimum atomic E-state index is -5.62. The van der Waals surface area contributed by atoms with Crippen LogP contribution in [0.25, 0.3) is 0 Å². The number of allylic oxidation sites excluding steroid dienone is 4. The van der Waals surface area contributed by atoms with E-state index in [0.29, 0.717) is 30.3 Å². The van der Waals surface area contributed by atoms with Gasteiger partial charge in [0.05, 0.1) is 4.91 Å². The number of aromatic nitrogens is 1. The third-order valence-corrected chi connectivity index (χ3v) is 9.53. The van der Waals surface area contributed by atoms with Gasteiger partial charge in [0.25, 0.3) is 0 Å². The molecule has 1 saturated heterocycles. The topological polar surface area (TPSA) is 79.8 Å². The molecule has 1 aromatic carbocycles. The van der Waals surface area contributed by atoms with Gasteiger partial charge >= 0.3 is 18.3 Å². The van der Waals surface area contributed by atoms with E-state index in [0.717, 1.165) is 17.7 Å². The van der Waals surface area contributed by atoms with E-state index in [1.807, 2.05) is 4.90 Å². The number of hydrogen-bond acceptors (Lipinski definition) is 7. The van der Waals surface area contributed by atoms with Gasteiger partial charge in [-0.1, -0.05) is 36.5 Å². The third-order valence-electron chi connectivity index (χ3n) is 7.06. The highest BCUT2D eigenvalue weighted by atomic mass is 32.2. The van der Waals surface area contributed by atoms with Crippen molar-refractivity contribution in [3.05, 3.63) is 83.1 Å².